The van der Waals surface area contributed by atoms with Gasteiger partial charge in [-0.25, -0.2) is 0 Å². The summed E-state index contributed by atoms with van der Waals surface area (Å²) in [5.74, 6) is -1.07. The number of hydrogen-bond acceptors (Lipinski definition) is 2. The Morgan fingerprint density at radius 3 is 2.26 bits per heavy atom. The molecule has 0 spiro atoms. The maximum Gasteiger partial charge on any atom is 0.313 e. The van der Waals surface area contributed by atoms with Crippen LogP contribution in [0.4, 0.5) is 5.69 Å². The molecule has 19 heavy (non-hydrogen) atoms. The summed E-state index contributed by atoms with van der Waals surface area (Å²) in [6, 6.07) is 5.72. The molecule has 0 aliphatic carbocycles. The summed E-state index contributed by atoms with van der Waals surface area (Å²) in [7, 11) is 1.65. The van der Waals surface area contributed by atoms with Gasteiger partial charge in [-0.3, -0.25) is 9.59 Å². The molecule has 0 saturated carbocycles. The summed E-state index contributed by atoms with van der Waals surface area (Å²) in [4.78, 5) is 25.1. The summed E-state index contributed by atoms with van der Waals surface area (Å²) >= 11 is 0. The van der Waals surface area contributed by atoms with Crippen LogP contribution < -0.4 is 5.32 Å². The number of unbranched alkanes of at least 4 members (excludes halogenated alkanes) is 1. The fourth-order valence-corrected chi connectivity index (χ4v) is 1.90. The zero-order chi connectivity index (χ0) is 14.4. The Morgan fingerprint density at radius 1 is 1.16 bits per heavy atom. The minimum Gasteiger partial charge on any atom is -0.338 e. The SMILES string of the molecule is CCCCN(C)C(=O)C(=O)Nc1cc(C)cc(C)c1. The van der Waals surface area contributed by atoms with Crippen molar-refractivity contribution in [2.24, 2.45) is 0 Å². The van der Waals surface area contributed by atoms with Crippen molar-refractivity contribution in [1.29, 1.82) is 0 Å². The minimum absolute atomic E-state index is 0.493. The number of nitrogens with one attached hydrogen (secondary N) is 1. The van der Waals surface area contributed by atoms with Gasteiger partial charge in [0.25, 0.3) is 0 Å². The van der Waals surface area contributed by atoms with E-state index in [9.17, 15) is 9.59 Å². The number of rotatable bonds is 4. The Labute approximate surface area is 114 Å². The van der Waals surface area contributed by atoms with Gasteiger partial charge >= 0.3 is 11.8 Å². The van der Waals surface area contributed by atoms with Crippen LogP contribution in [0.1, 0.15) is 30.9 Å². The smallest absolute Gasteiger partial charge is 0.313 e. The van der Waals surface area contributed by atoms with Crippen LogP contribution >= 0.6 is 0 Å². The molecule has 0 saturated heterocycles. The Morgan fingerprint density at radius 2 is 1.74 bits per heavy atom. The van der Waals surface area contributed by atoms with Crippen molar-refractivity contribution in [3.8, 4) is 0 Å². The molecule has 104 valence electrons. The molecule has 1 aromatic carbocycles. The van der Waals surface area contributed by atoms with Gasteiger partial charge in [-0.15, -0.1) is 0 Å². The van der Waals surface area contributed by atoms with Crippen molar-refractivity contribution in [2.75, 3.05) is 18.9 Å². The number of carbonyl (C=O) groups excluding carboxylic acids is 2. The van der Waals surface area contributed by atoms with Crippen molar-refractivity contribution >= 4 is 17.5 Å². The second kappa shape index (κ2) is 6.92. The number of anilines is 1. The van der Waals surface area contributed by atoms with Gasteiger partial charge in [-0.2, -0.15) is 0 Å². The molecule has 0 unspecified atom stereocenters. The monoisotopic (exact) mass is 262 g/mol. The third-order valence-corrected chi connectivity index (χ3v) is 2.87. The van der Waals surface area contributed by atoms with Gasteiger partial charge in [0, 0.05) is 19.3 Å². The minimum atomic E-state index is -0.580. The van der Waals surface area contributed by atoms with Crippen LogP contribution in [0.3, 0.4) is 0 Å². The zero-order valence-electron chi connectivity index (χ0n) is 12.1. The van der Waals surface area contributed by atoms with E-state index in [1.807, 2.05) is 39.0 Å². The number of nitrogens with zero attached hydrogens (tertiary/aromatic N) is 1. The zero-order valence-corrected chi connectivity index (χ0v) is 12.1. The van der Waals surface area contributed by atoms with E-state index in [2.05, 4.69) is 5.32 Å². The third kappa shape index (κ3) is 4.73. The van der Waals surface area contributed by atoms with E-state index in [1.165, 1.54) is 4.90 Å². The highest BCUT2D eigenvalue weighted by Crippen LogP contribution is 2.13. The molecule has 1 rings (SSSR count). The molecule has 4 nitrogen and oxygen atoms in total. The summed E-state index contributed by atoms with van der Waals surface area (Å²) in [5.41, 5.74) is 2.78. The maximum atomic E-state index is 11.8. The van der Waals surface area contributed by atoms with E-state index in [1.54, 1.807) is 7.05 Å². The molecular weight excluding hydrogens is 240 g/mol. The molecule has 1 aromatic rings. The summed E-state index contributed by atoms with van der Waals surface area (Å²) in [6.45, 7) is 6.57. The first-order valence-electron chi connectivity index (χ1n) is 6.58. The van der Waals surface area contributed by atoms with Crippen LogP contribution in [0.25, 0.3) is 0 Å². The molecule has 0 aliphatic heterocycles. The average molecular weight is 262 g/mol. The number of aryl methyl sites for hydroxylation is 2. The fraction of sp³-hybridized carbons (Fsp3) is 0.467. The lowest BCUT2D eigenvalue weighted by atomic mass is 10.1. The first kappa shape index (κ1) is 15.2. The highest BCUT2D eigenvalue weighted by atomic mass is 16.2. The van der Waals surface area contributed by atoms with E-state index in [-0.39, 0.29) is 0 Å². The summed E-state index contributed by atoms with van der Waals surface area (Å²) < 4.78 is 0. The first-order chi connectivity index (χ1) is 8.93. The second-order valence-electron chi connectivity index (χ2n) is 4.91. The molecule has 1 N–H and O–H groups in total. The van der Waals surface area contributed by atoms with E-state index in [0.717, 1.165) is 24.0 Å². The van der Waals surface area contributed by atoms with E-state index in [4.69, 9.17) is 0 Å². The summed E-state index contributed by atoms with van der Waals surface area (Å²) in [5, 5.41) is 2.65. The molecule has 2 amide bonds. The number of benzene rings is 1. The Kier molecular flexibility index (Phi) is 5.55. The van der Waals surface area contributed by atoms with Crippen molar-refractivity contribution in [2.45, 2.75) is 33.6 Å². The lowest BCUT2D eigenvalue weighted by Gasteiger charge is -2.16. The van der Waals surface area contributed by atoms with Crippen molar-refractivity contribution < 1.29 is 9.59 Å². The van der Waals surface area contributed by atoms with Crippen LogP contribution in [0, 0.1) is 13.8 Å². The molecule has 0 aromatic heterocycles. The van der Waals surface area contributed by atoms with Gasteiger partial charge in [0.1, 0.15) is 0 Å². The predicted molar refractivity (Wildman–Crippen MR) is 77.1 cm³/mol. The largest absolute Gasteiger partial charge is 0.338 e. The van der Waals surface area contributed by atoms with Gasteiger partial charge in [0.05, 0.1) is 0 Å². The molecule has 0 aliphatic rings. The predicted octanol–water partition coefficient (Wildman–Crippen LogP) is 2.50. The Balaban J connectivity index is 2.65. The molecule has 0 atom stereocenters. The molecular formula is C15H22N2O2. The van der Waals surface area contributed by atoms with Crippen LogP contribution in [-0.2, 0) is 9.59 Å². The number of carbonyl (C=O) groups is 2. The Hall–Kier alpha value is -1.84. The fourth-order valence-electron chi connectivity index (χ4n) is 1.90. The van der Waals surface area contributed by atoms with Crippen LogP contribution in [0.2, 0.25) is 0 Å². The van der Waals surface area contributed by atoms with Crippen LogP contribution in [0.15, 0.2) is 18.2 Å². The normalized spacial score (nSPS) is 10.1. The number of hydrogen-bond donors (Lipinski definition) is 1. The number of amides is 2. The quantitative estimate of drug-likeness (QED) is 0.848. The van der Waals surface area contributed by atoms with E-state index < -0.39 is 11.8 Å². The van der Waals surface area contributed by atoms with E-state index >= 15 is 0 Å². The lowest BCUT2D eigenvalue weighted by molar-refractivity contribution is -0.142. The lowest BCUT2D eigenvalue weighted by Crippen LogP contribution is -2.37. The summed E-state index contributed by atoms with van der Waals surface area (Å²) in [6.07, 6.45) is 1.90. The van der Waals surface area contributed by atoms with Gasteiger partial charge in [0.15, 0.2) is 0 Å². The maximum absolute atomic E-state index is 11.8. The van der Waals surface area contributed by atoms with Gasteiger partial charge in [-0.05, 0) is 43.5 Å². The van der Waals surface area contributed by atoms with Crippen molar-refractivity contribution in [3.63, 3.8) is 0 Å². The molecule has 0 fully saturated rings. The van der Waals surface area contributed by atoms with Crippen LogP contribution in [0.5, 0.6) is 0 Å². The van der Waals surface area contributed by atoms with Gasteiger partial charge < -0.3 is 10.2 Å². The Bertz CT molecular complexity index is 449. The second-order valence-corrected chi connectivity index (χ2v) is 4.91. The van der Waals surface area contributed by atoms with E-state index in [0.29, 0.717) is 12.2 Å². The average Bonchev–Trinajstić information content (AvgIpc) is 2.33. The molecule has 0 heterocycles. The third-order valence-electron chi connectivity index (χ3n) is 2.87. The van der Waals surface area contributed by atoms with Crippen molar-refractivity contribution in [3.05, 3.63) is 29.3 Å². The van der Waals surface area contributed by atoms with Gasteiger partial charge in [-0.1, -0.05) is 19.4 Å². The molecule has 0 radical (unpaired) electrons. The standard InChI is InChI=1S/C15H22N2O2/c1-5-6-7-17(4)15(19)14(18)16-13-9-11(2)8-12(3)10-13/h8-10H,5-7H2,1-4H3,(H,16,18). The van der Waals surface area contributed by atoms with Crippen molar-refractivity contribution in [1.82, 2.24) is 4.90 Å². The number of likely N-dealkylation sites (N-methyl/N-ethyl adjacent to an activating group) is 1. The highest BCUT2D eigenvalue weighted by Gasteiger charge is 2.18. The topological polar surface area (TPSA) is 49.4 Å². The highest BCUT2D eigenvalue weighted by molar-refractivity contribution is 6.39. The van der Waals surface area contributed by atoms with Gasteiger partial charge in [0.2, 0.25) is 0 Å². The van der Waals surface area contributed by atoms with Crippen LogP contribution in [-0.4, -0.2) is 30.3 Å². The molecule has 0 bridgehead atoms. The first-order valence-corrected chi connectivity index (χ1v) is 6.58. The molecule has 4 heteroatoms.